The van der Waals surface area contributed by atoms with Crippen LogP contribution < -0.4 is 5.32 Å². The normalized spacial score (nSPS) is 14.5. The fourth-order valence-corrected chi connectivity index (χ4v) is 2.86. The highest BCUT2D eigenvalue weighted by atomic mass is 14.9. The Kier molecular flexibility index (Phi) is 2.38. The highest BCUT2D eigenvalue weighted by Gasteiger charge is 2.15. The van der Waals surface area contributed by atoms with Crippen LogP contribution in [0.3, 0.4) is 0 Å². The molecule has 3 heterocycles. The summed E-state index contributed by atoms with van der Waals surface area (Å²) in [6.45, 7) is 2.03. The predicted molar refractivity (Wildman–Crippen MR) is 76.9 cm³/mol. The lowest BCUT2D eigenvalue weighted by atomic mass is 10.0. The van der Waals surface area contributed by atoms with Gasteiger partial charge in [-0.2, -0.15) is 0 Å². The fraction of sp³-hybridized carbons (Fsp3) is 0.188. The van der Waals surface area contributed by atoms with Crippen LogP contribution in [0, 0.1) is 0 Å². The molecule has 0 atom stereocenters. The van der Waals surface area contributed by atoms with Gasteiger partial charge in [-0.25, -0.2) is 0 Å². The van der Waals surface area contributed by atoms with Gasteiger partial charge in [0.2, 0.25) is 0 Å². The summed E-state index contributed by atoms with van der Waals surface area (Å²) in [7, 11) is 0. The Morgan fingerprint density at radius 1 is 1.11 bits per heavy atom. The maximum absolute atomic E-state index is 4.20. The number of rotatable bonds is 1. The molecule has 0 amide bonds. The number of hydrogen-bond donors (Lipinski definition) is 2. The molecule has 3 aromatic rings. The second kappa shape index (κ2) is 4.21. The fourth-order valence-electron chi connectivity index (χ4n) is 2.86. The van der Waals surface area contributed by atoms with E-state index in [4.69, 9.17) is 0 Å². The average molecular weight is 249 g/mol. The summed E-state index contributed by atoms with van der Waals surface area (Å²) in [5.41, 5.74) is 6.45. The van der Waals surface area contributed by atoms with Gasteiger partial charge in [-0.15, -0.1) is 0 Å². The van der Waals surface area contributed by atoms with Crippen molar-refractivity contribution in [2.75, 3.05) is 6.54 Å². The molecule has 1 aliphatic heterocycles. The Bertz CT molecular complexity index is 728. The number of aromatic nitrogens is 2. The Balaban J connectivity index is 1.91. The van der Waals surface area contributed by atoms with Crippen molar-refractivity contribution in [3.8, 4) is 11.1 Å². The van der Waals surface area contributed by atoms with Gasteiger partial charge in [-0.1, -0.05) is 12.1 Å². The third-order valence-electron chi connectivity index (χ3n) is 3.84. The summed E-state index contributed by atoms with van der Waals surface area (Å²) in [5, 5.41) is 4.78. The van der Waals surface area contributed by atoms with Gasteiger partial charge in [0, 0.05) is 54.1 Å². The van der Waals surface area contributed by atoms with Crippen molar-refractivity contribution in [3.05, 3.63) is 54.0 Å². The van der Waals surface area contributed by atoms with Crippen LogP contribution >= 0.6 is 0 Å². The maximum Gasteiger partial charge on any atom is 0.0459 e. The molecule has 2 aromatic heterocycles. The topological polar surface area (TPSA) is 40.7 Å². The molecule has 0 bridgehead atoms. The average Bonchev–Trinajstić information content (AvgIpc) is 2.86. The Morgan fingerprint density at radius 2 is 2.11 bits per heavy atom. The van der Waals surface area contributed by atoms with Gasteiger partial charge in [0.05, 0.1) is 0 Å². The Hall–Kier alpha value is -2.13. The van der Waals surface area contributed by atoms with Crippen molar-refractivity contribution >= 4 is 10.9 Å². The number of pyridine rings is 1. The van der Waals surface area contributed by atoms with Crippen LogP contribution in [0.15, 0.2) is 42.7 Å². The molecule has 1 aromatic carbocycles. The van der Waals surface area contributed by atoms with E-state index in [1.165, 1.54) is 33.3 Å². The number of fused-ring (bicyclic) bond motifs is 3. The molecule has 0 radical (unpaired) electrons. The van der Waals surface area contributed by atoms with Crippen molar-refractivity contribution in [2.24, 2.45) is 0 Å². The molecule has 3 nitrogen and oxygen atoms in total. The first-order valence-corrected chi connectivity index (χ1v) is 6.66. The summed E-state index contributed by atoms with van der Waals surface area (Å²) >= 11 is 0. The van der Waals surface area contributed by atoms with E-state index in [0.29, 0.717) is 0 Å². The zero-order valence-electron chi connectivity index (χ0n) is 10.6. The summed E-state index contributed by atoms with van der Waals surface area (Å²) < 4.78 is 0. The molecular formula is C16H15N3. The van der Waals surface area contributed by atoms with Gasteiger partial charge >= 0.3 is 0 Å². The lowest BCUT2D eigenvalue weighted by molar-refractivity contribution is 0.641. The van der Waals surface area contributed by atoms with Crippen LogP contribution in [0.1, 0.15) is 11.3 Å². The van der Waals surface area contributed by atoms with Gasteiger partial charge in [-0.05, 0) is 29.3 Å². The SMILES string of the molecule is c1cncc(-c2ccc3[nH]c4c(c3c2)CNCC4)c1. The summed E-state index contributed by atoms with van der Waals surface area (Å²) in [4.78, 5) is 7.74. The quantitative estimate of drug-likeness (QED) is 0.696. The van der Waals surface area contributed by atoms with Gasteiger partial charge in [0.1, 0.15) is 0 Å². The van der Waals surface area contributed by atoms with Crippen LogP contribution in [0.4, 0.5) is 0 Å². The van der Waals surface area contributed by atoms with Crippen molar-refractivity contribution in [2.45, 2.75) is 13.0 Å². The largest absolute Gasteiger partial charge is 0.358 e. The van der Waals surface area contributed by atoms with Crippen molar-refractivity contribution < 1.29 is 0 Å². The molecule has 4 rings (SSSR count). The number of nitrogens with one attached hydrogen (secondary N) is 2. The molecule has 94 valence electrons. The molecule has 0 unspecified atom stereocenters. The van der Waals surface area contributed by atoms with E-state index < -0.39 is 0 Å². The molecule has 3 heteroatoms. The van der Waals surface area contributed by atoms with Crippen LogP contribution in [0.25, 0.3) is 22.0 Å². The zero-order valence-corrected chi connectivity index (χ0v) is 10.6. The van der Waals surface area contributed by atoms with E-state index in [2.05, 4.69) is 39.6 Å². The van der Waals surface area contributed by atoms with E-state index in [0.717, 1.165) is 19.5 Å². The van der Waals surface area contributed by atoms with Crippen LogP contribution in [-0.2, 0) is 13.0 Å². The number of benzene rings is 1. The zero-order chi connectivity index (χ0) is 12.7. The first-order valence-electron chi connectivity index (χ1n) is 6.66. The van der Waals surface area contributed by atoms with E-state index in [1.807, 2.05) is 18.5 Å². The summed E-state index contributed by atoms with van der Waals surface area (Å²) in [5.74, 6) is 0. The smallest absolute Gasteiger partial charge is 0.0459 e. The predicted octanol–water partition coefficient (Wildman–Crippen LogP) is 2.88. The van der Waals surface area contributed by atoms with Crippen LogP contribution in [0.5, 0.6) is 0 Å². The van der Waals surface area contributed by atoms with Crippen molar-refractivity contribution in [3.63, 3.8) is 0 Å². The molecule has 1 aliphatic rings. The minimum Gasteiger partial charge on any atom is -0.358 e. The van der Waals surface area contributed by atoms with Gasteiger partial charge in [-0.3, -0.25) is 4.98 Å². The third kappa shape index (κ3) is 1.74. The van der Waals surface area contributed by atoms with Crippen molar-refractivity contribution in [1.29, 1.82) is 0 Å². The standard InChI is InChI=1S/C16H15N3/c1-2-12(9-17-6-1)11-3-4-15-13(8-11)14-10-18-7-5-16(14)19-15/h1-4,6,8-9,18-19H,5,7,10H2. The number of hydrogen-bond acceptors (Lipinski definition) is 2. The maximum atomic E-state index is 4.20. The molecular weight excluding hydrogens is 234 g/mol. The molecule has 0 saturated carbocycles. The number of nitrogens with zero attached hydrogens (tertiary/aromatic N) is 1. The number of H-pyrrole nitrogens is 1. The van der Waals surface area contributed by atoms with E-state index in [-0.39, 0.29) is 0 Å². The summed E-state index contributed by atoms with van der Waals surface area (Å²) in [6.07, 6.45) is 4.81. The summed E-state index contributed by atoms with van der Waals surface area (Å²) in [6, 6.07) is 10.7. The molecule has 19 heavy (non-hydrogen) atoms. The molecule has 0 saturated heterocycles. The molecule has 0 aliphatic carbocycles. The van der Waals surface area contributed by atoms with Gasteiger partial charge in [0.15, 0.2) is 0 Å². The van der Waals surface area contributed by atoms with Crippen LogP contribution in [-0.4, -0.2) is 16.5 Å². The molecule has 0 spiro atoms. The molecule has 0 fully saturated rings. The highest BCUT2D eigenvalue weighted by molar-refractivity contribution is 5.89. The monoisotopic (exact) mass is 249 g/mol. The second-order valence-corrected chi connectivity index (χ2v) is 5.01. The third-order valence-corrected chi connectivity index (χ3v) is 3.84. The van der Waals surface area contributed by atoms with E-state index in [9.17, 15) is 0 Å². The van der Waals surface area contributed by atoms with Crippen LogP contribution in [0.2, 0.25) is 0 Å². The Morgan fingerprint density at radius 3 is 3.00 bits per heavy atom. The number of aromatic amines is 1. The lowest BCUT2D eigenvalue weighted by Gasteiger charge is -2.12. The van der Waals surface area contributed by atoms with Gasteiger partial charge < -0.3 is 10.3 Å². The first-order chi connectivity index (χ1) is 9.42. The molecule has 2 N–H and O–H groups in total. The van der Waals surface area contributed by atoms with E-state index >= 15 is 0 Å². The minimum atomic E-state index is 0.964. The minimum absolute atomic E-state index is 0.964. The van der Waals surface area contributed by atoms with Crippen molar-refractivity contribution in [1.82, 2.24) is 15.3 Å². The highest BCUT2D eigenvalue weighted by Crippen LogP contribution is 2.29. The Labute approximate surface area is 111 Å². The lowest BCUT2D eigenvalue weighted by Crippen LogP contribution is -2.22. The van der Waals surface area contributed by atoms with E-state index in [1.54, 1.807) is 0 Å². The van der Waals surface area contributed by atoms with Gasteiger partial charge in [0.25, 0.3) is 0 Å². The first kappa shape index (κ1) is 10.8. The second-order valence-electron chi connectivity index (χ2n) is 5.01.